The van der Waals surface area contributed by atoms with E-state index in [0.29, 0.717) is 25.7 Å². The molecule has 10 atom stereocenters. The highest BCUT2D eigenvalue weighted by Crippen LogP contribution is 2.60. The summed E-state index contributed by atoms with van der Waals surface area (Å²) in [4.78, 5) is 62.0. The van der Waals surface area contributed by atoms with E-state index in [9.17, 15) is 53.7 Å². The van der Waals surface area contributed by atoms with Crippen molar-refractivity contribution in [2.24, 2.45) is 5.92 Å². The lowest BCUT2D eigenvalue weighted by atomic mass is 9.99. The molecule has 22 heteroatoms. The molecule has 3 unspecified atom stereocenters. The van der Waals surface area contributed by atoms with E-state index in [1.165, 1.54) is 76.7 Å². The number of anilines is 1. The zero-order chi connectivity index (χ0) is 56.7. The van der Waals surface area contributed by atoms with Crippen LogP contribution in [0.25, 0.3) is 0 Å². The summed E-state index contributed by atoms with van der Waals surface area (Å²) >= 11 is 0. The second-order valence-corrected chi connectivity index (χ2v) is 22.4. The summed E-state index contributed by atoms with van der Waals surface area (Å²) in [6, 6.07) is 1.24. The number of carbonyl (C=O) groups excluding carboxylic acids is 2. The molecule has 438 valence electrons. The van der Waals surface area contributed by atoms with Crippen molar-refractivity contribution in [3.63, 3.8) is 0 Å². The van der Waals surface area contributed by atoms with Gasteiger partial charge in [0.2, 0.25) is 0 Å². The molecule has 1 aromatic rings. The van der Waals surface area contributed by atoms with Crippen molar-refractivity contribution in [3.05, 3.63) is 95.7 Å². The first kappa shape index (κ1) is 69.2. The molecule has 1 fully saturated rings. The number of phosphoric ester groups is 2. The second kappa shape index (κ2) is 41.2. The highest BCUT2D eigenvalue weighted by Gasteiger charge is 2.46. The van der Waals surface area contributed by atoms with Crippen LogP contribution < -0.4 is 11.4 Å². The Morgan fingerprint density at radius 1 is 0.740 bits per heavy atom. The predicted octanol–water partition coefficient (Wildman–Crippen LogP) is 9.86. The van der Waals surface area contributed by atoms with Crippen LogP contribution in [0, 0.1) is 5.92 Å². The molecular formula is C55H91N3O17P2. The molecule has 0 radical (unpaired) electrons. The number of nitrogens with two attached hydrogens (primary N) is 1. The number of hydrogen-bond acceptors (Lipinski definition) is 17. The van der Waals surface area contributed by atoms with Crippen LogP contribution in [0.5, 0.6) is 0 Å². The first-order valence-electron chi connectivity index (χ1n) is 27.6. The molecule has 8 N–H and O–H groups in total. The molecule has 1 aromatic heterocycles. The second-order valence-electron chi connectivity index (χ2n) is 19.4. The number of hydrogen-bond donors (Lipinski definition) is 7. The summed E-state index contributed by atoms with van der Waals surface area (Å²) in [5.74, 6) is -0.638. The van der Waals surface area contributed by atoms with Gasteiger partial charge in [-0.25, -0.2) is 13.9 Å². The van der Waals surface area contributed by atoms with Crippen molar-refractivity contribution in [3.8, 4) is 0 Å². The van der Waals surface area contributed by atoms with E-state index >= 15 is 0 Å². The Balaban J connectivity index is 1.84. The third kappa shape index (κ3) is 34.0. The number of esters is 2. The minimum Gasteiger partial charge on any atom is -0.462 e. The van der Waals surface area contributed by atoms with Crippen molar-refractivity contribution in [1.29, 1.82) is 0 Å². The van der Waals surface area contributed by atoms with Gasteiger partial charge in [0, 0.05) is 19.0 Å². The molecule has 77 heavy (non-hydrogen) atoms. The number of ether oxygens (including phenoxy) is 3. The molecule has 1 aliphatic heterocycles. The predicted molar refractivity (Wildman–Crippen MR) is 296 cm³/mol. The fourth-order valence-electron chi connectivity index (χ4n) is 7.84. The van der Waals surface area contributed by atoms with E-state index in [0.717, 1.165) is 48.8 Å². The van der Waals surface area contributed by atoms with Crippen LogP contribution in [0.3, 0.4) is 0 Å². The zero-order valence-electron chi connectivity index (χ0n) is 45.6. The van der Waals surface area contributed by atoms with Gasteiger partial charge in [-0.15, -0.1) is 0 Å². The van der Waals surface area contributed by atoms with Gasteiger partial charge >= 0.3 is 33.3 Å². The van der Waals surface area contributed by atoms with E-state index < -0.39 is 95.9 Å². The van der Waals surface area contributed by atoms with Crippen LogP contribution in [-0.4, -0.2) is 108 Å². The Bertz CT molecular complexity index is 2130. The molecule has 0 saturated carbocycles. The number of aromatic nitrogens is 2. The SMILES string of the molecule is CC/C=C\C[C@H](O)/C=C/C=C\C=C\[C@H](O)C/C=C\C/C=C\CCC(=O)O[C@H](COC(=O)CCCCCCCCCCCCCCCCC(C)CC)COP(=O)(O)OP(=O)(O)OC[C@H]1O[C@@H](n2ccc(N)nc2=O)[C@H](O)[C@@H]1O. The van der Waals surface area contributed by atoms with Crippen molar-refractivity contribution in [2.45, 2.75) is 211 Å². The van der Waals surface area contributed by atoms with E-state index in [1.54, 1.807) is 42.5 Å². The van der Waals surface area contributed by atoms with Gasteiger partial charge in [0.1, 0.15) is 30.7 Å². The molecular weight excluding hydrogens is 1040 g/mol. The standard InChI is InChI=1S/C55H91N3O17P2/c1-4-6-25-33-45(59)35-28-23-24-29-36-46(60)34-27-20-17-18-22-31-38-51(62)73-47(41-70-50(61)37-30-21-16-14-12-10-8-7-9-11-13-15-19-26-32-44(3)5-2)42-71-76(66,67)75-77(68,69)72-43-48-52(63)53(64)54(74-48)58-40-39-49(56)57-55(58)65/h6,18,20,22-25,27-29,35-36,39-40,44-48,52-54,59-60,63-64H,4-5,7-17,19,21,26,30-34,37-38,41-43H2,1-3H3,(H,66,67)(H,68,69)(H2,56,57,65)/b22-18-,24-23-,25-6-,27-20-,35-28+,36-29+/t44?,45-,46+,47+,48+,52+,53+,54+/m0/s1. The fraction of sp³-hybridized carbons (Fsp3) is 0.673. The lowest BCUT2D eigenvalue weighted by Crippen LogP contribution is -2.36. The lowest BCUT2D eigenvalue weighted by Gasteiger charge is -2.21. The van der Waals surface area contributed by atoms with E-state index in [-0.39, 0.29) is 25.1 Å². The lowest BCUT2D eigenvalue weighted by molar-refractivity contribution is -0.161. The number of phosphoric acid groups is 2. The van der Waals surface area contributed by atoms with Crippen LogP contribution in [0.4, 0.5) is 5.82 Å². The maximum Gasteiger partial charge on any atom is 0.481 e. The van der Waals surface area contributed by atoms with Crippen LogP contribution in [0.15, 0.2) is 90.0 Å². The minimum absolute atomic E-state index is 0.0882. The van der Waals surface area contributed by atoms with Crippen LogP contribution in [0.1, 0.15) is 175 Å². The summed E-state index contributed by atoms with van der Waals surface area (Å²) in [5.41, 5.74) is 4.57. The Morgan fingerprint density at radius 3 is 1.88 bits per heavy atom. The quantitative estimate of drug-likeness (QED) is 0.0105. The Hall–Kier alpha value is -3.88. The van der Waals surface area contributed by atoms with Crippen molar-refractivity contribution in [1.82, 2.24) is 9.55 Å². The molecule has 20 nitrogen and oxygen atoms in total. The monoisotopic (exact) mass is 1130 g/mol. The number of aliphatic hydroxyl groups excluding tert-OH is 4. The van der Waals surface area contributed by atoms with Gasteiger partial charge in [-0.1, -0.05) is 190 Å². The molecule has 2 rings (SSSR count). The van der Waals surface area contributed by atoms with E-state index in [1.807, 2.05) is 37.3 Å². The van der Waals surface area contributed by atoms with Crippen molar-refractivity contribution >= 4 is 33.4 Å². The molecule has 0 amide bonds. The Labute approximate surface area is 456 Å². The summed E-state index contributed by atoms with van der Waals surface area (Å²) in [5, 5.41) is 41.0. The molecule has 1 saturated heterocycles. The molecule has 2 heterocycles. The summed E-state index contributed by atoms with van der Waals surface area (Å²) in [6.45, 7) is 4.16. The molecule has 0 aromatic carbocycles. The average molecular weight is 1130 g/mol. The van der Waals surface area contributed by atoms with Crippen LogP contribution in [0.2, 0.25) is 0 Å². The summed E-state index contributed by atoms with van der Waals surface area (Å²) in [6.07, 6.45) is 34.7. The number of nitrogen functional groups attached to an aromatic ring is 1. The Morgan fingerprint density at radius 2 is 1.30 bits per heavy atom. The van der Waals surface area contributed by atoms with Gasteiger partial charge in [0.25, 0.3) is 0 Å². The number of aliphatic hydroxyl groups is 4. The van der Waals surface area contributed by atoms with Gasteiger partial charge in [-0.05, 0) is 50.5 Å². The molecule has 0 aliphatic carbocycles. The normalized spacial score (nSPS) is 20.4. The maximum absolute atomic E-state index is 12.9. The molecule has 0 spiro atoms. The van der Waals surface area contributed by atoms with Crippen molar-refractivity contribution < 1.29 is 76.5 Å². The number of rotatable bonds is 44. The topological polar surface area (TPSA) is 306 Å². The van der Waals surface area contributed by atoms with Crippen molar-refractivity contribution in [2.75, 3.05) is 25.6 Å². The largest absolute Gasteiger partial charge is 0.481 e. The van der Waals surface area contributed by atoms with E-state index in [2.05, 4.69) is 23.1 Å². The summed E-state index contributed by atoms with van der Waals surface area (Å²) in [7, 11) is -10.9. The van der Waals surface area contributed by atoms with Gasteiger partial charge in [0.05, 0.1) is 25.4 Å². The average Bonchev–Trinajstić information content (AvgIpc) is 3.67. The Kier molecular flexibility index (Phi) is 37.0. The number of unbranched alkanes of at least 4 members (excludes halogenated alkanes) is 13. The van der Waals surface area contributed by atoms with Crippen LogP contribution in [-0.2, 0) is 46.3 Å². The van der Waals surface area contributed by atoms with Crippen LogP contribution >= 0.6 is 15.6 Å². The first-order valence-corrected chi connectivity index (χ1v) is 30.6. The smallest absolute Gasteiger partial charge is 0.462 e. The maximum atomic E-state index is 12.9. The highest BCUT2D eigenvalue weighted by atomic mass is 31.3. The first-order chi connectivity index (χ1) is 36.9. The third-order valence-electron chi connectivity index (χ3n) is 12.5. The number of nitrogens with zero attached hydrogens (tertiary/aromatic N) is 2. The van der Waals surface area contributed by atoms with Gasteiger partial charge in [-0.3, -0.25) is 23.2 Å². The van der Waals surface area contributed by atoms with E-state index in [4.69, 9.17) is 29.0 Å². The van der Waals surface area contributed by atoms with Gasteiger partial charge in [-0.2, -0.15) is 9.29 Å². The third-order valence-corrected chi connectivity index (χ3v) is 15.1. The number of carbonyl (C=O) groups is 2. The minimum atomic E-state index is -5.47. The van der Waals surface area contributed by atoms with Gasteiger partial charge < -0.3 is 50.2 Å². The molecule has 1 aliphatic rings. The highest BCUT2D eigenvalue weighted by molar-refractivity contribution is 7.61. The van der Waals surface area contributed by atoms with Gasteiger partial charge in [0.15, 0.2) is 12.3 Å². The number of allylic oxidation sites excluding steroid dienone is 8. The fourth-order valence-corrected chi connectivity index (χ4v) is 9.95. The summed E-state index contributed by atoms with van der Waals surface area (Å²) < 4.78 is 56.7. The zero-order valence-corrected chi connectivity index (χ0v) is 47.4. The molecule has 0 bridgehead atoms.